The van der Waals surface area contributed by atoms with E-state index in [1.54, 1.807) is 0 Å². The normalized spacial score (nSPS) is 25.0. The van der Waals surface area contributed by atoms with Crippen molar-refractivity contribution in [2.24, 2.45) is 5.92 Å². The van der Waals surface area contributed by atoms with Gasteiger partial charge in [0.25, 0.3) is 5.91 Å². The van der Waals surface area contributed by atoms with Crippen LogP contribution in [0.4, 0.5) is 0 Å². The molecule has 2 N–H and O–H groups in total. The number of carbonyl (C=O) groups excluding carboxylic acids is 2. The Morgan fingerprint density at radius 1 is 1.08 bits per heavy atom. The molecule has 3 unspecified atom stereocenters. The summed E-state index contributed by atoms with van der Waals surface area (Å²) in [7, 11) is 0. The number of benzene rings is 1. The van der Waals surface area contributed by atoms with Crippen molar-refractivity contribution in [3.8, 4) is 0 Å². The Morgan fingerprint density at radius 2 is 1.85 bits per heavy atom. The molecule has 1 aromatic rings. The van der Waals surface area contributed by atoms with Gasteiger partial charge in [0, 0.05) is 24.7 Å². The second-order valence-electron chi connectivity index (χ2n) is 7.48. The van der Waals surface area contributed by atoms with E-state index in [2.05, 4.69) is 17.6 Å². The first-order valence-corrected chi connectivity index (χ1v) is 10.1. The molecule has 5 heteroatoms. The molecule has 1 saturated heterocycles. The molecule has 0 radical (unpaired) electrons. The maximum absolute atomic E-state index is 13.2. The van der Waals surface area contributed by atoms with Crippen LogP contribution < -0.4 is 10.6 Å². The fraction of sp³-hybridized carbons (Fsp3) is 0.619. The first-order valence-electron chi connectivity index (χ1n) is 10.1. The van der Waals surface area contributed by atoms with Crippen LogP contribution >= 0.6 is 0 Å². The standard InChI is InChI=1S/C21H31N3O2/c1-2-12-22-13-14-23-20(25)19-15-17-10-6-7-11-18(17)24(19)21(26)16-8-4-3-5-9-16/h3-5,8-9,17-19,22H,2,6-7,10-15H2,1H3,(H,23,25). The Kier molecular flexibility index (Phi) is 6.67. The van der Waals surface area contributed by atoms with Crippen LogP contribution in [0.1, 0.15) is 55.8 Å². The summed E-state index contributed by atoms with van der Waals surface area (Å²) in [5.41, 5.74) is 0.682. The van der Waals surface area contributed by atoms with Crippen molar-refractivity contribution in [2.75, 3.05) is 19.6 Å². The lowest BCUT2D eigenvalue weighted by Crippen LogP contribution is -2.50. The second kappa shape index (κ2) is 9.17. The SMILES string of the molecule is CCCNCCNC(=O)C1CC2CCCCC2N1C(=O)c1ccccc1. The number of fused-ring (bicyclic) bond motifs is 1. The van der Waals surface area contributed by atoms with Gasteiger partial charge < -0.3 is 15.5 Å². The molecule has 1 aromatic carbocycles. The summed E-state index contributed by atoms with van der Waals surface area (Å²) in [4.78, 5) is 27.9. The van der Waals surface area contributed by atoms with Gasteiger partial charge in [-0.1, -0.05) is 38.0 Å². The van der Waals surface area contributed by atoms with Gasteiger partial charge in [-0.15, -0.1) is 0 Å². The Labute approximate surface area is 156 Å². The molecule has 2 amide bonds. The monoisotopic (exact) mass is 357 g/mol. The van der Waals surface area contributed by atoms with E-state index < -0.39 is 0 Å². The topological polar surface area (TPSA) is 61.4 Å². The number of rotatable bonds is 7. The Balaban J connectivity index is 1.69. The summed E-state index contributed by atoms with van der Waals surface area (Å²) in [6.45, 7) is 4.46. The highest BCUT2D eigenvalue weighted by molar-refractivity contribution is 5.98. The molecule has 1 aliphatic carbocycles. The van der Waals surface area contributed by atoms with Crippen LogP contribution in [0.15, 0.2) is 30.3 Å². The average Bonchev–Trinajstić information content (AvgIpc) is 3.07. The van der Waals surface area contributed by atoms with Gasteiger partial charge in [0.1, 0.15) is 6.04 Å². The highest BCUT2D eigenvalue weighted by atomic mass is 16.2. The minimum absolute atomic E-state index is 0.00183. The molecule has 142 valence electrons. The molecule has 2 fully saturated rings. The molecular weight excluding hydrogens is 326 g/mol. The van der Waals surface area contributed by atoms with Crippen molar-refractivity contribution in [1.82, 2.24) is 15.5 Å². The third kappa shape index (κ3) is 4.26. The van der Waals surface area contributed by atoms with Gasteiger partial charge in [-0.05, 0) is 50.3 Å². The maximum Gasteiger partial charge on any atom is 0.254 e. The maximum atomic E-state index is 13.2. The fourth-order valence-electron chi connectivity index (χ4n) is 4.41. The Morgan fingerprint density at radius 3 is 2.62 bits per heavy atom. The lowest BCUT2D eigenvalue weighted by atomic mass is 9.84. The summed E-state index contributed by atoms with van der Waals surface area (Å²) >= 11 is 0. The summed E-state index contributed by atoms with van der Waals surface area (Å²) in [5.74, 6) is 0.469. The fourth-order valence-corrected chi connectivity index (χ4v) is 4.41. The van der Waals surface area contributed by atoms with Crippen molar-refractivity contribution in [3.05, 3.63) is 35.9 Å². The van der Waals surface area contributed by atoms with Crippen LogP contribution in [0.2, 0.25) is 0 Å². The minimum atomic E-state index is -0.331. The number of hydrogen-bond donors (Lipinski definition) is 2. The molecule has 0 bridgehead atoms. The molecule has 3 atom stereocenters. The number of likely N-dealkylation sites (tertiary alicyclic amines) is 1. The van der Waals surface area contributed by atoms with Crippen LogP contribution in [-0.4, -0.2) is 48.4 Å². The van der Waals surface area contributed by atoms with E-state index in [1.807, 2.05) is 35.2 Å². The highest BCUT2D eigenvalue weighted by Crippen LogP contribution is 2.40. The lowest BCUT2D eigenvalue weighted by molar-refractivity contribution is -0.125. The lowest BCUT2D eigenvalue weighted by Gasteiger charge is -2.33. The molecule has 1 aliphatic heterocycles. The molecule has 26 heavy (non-hydrogen) atoms. The molecule has 2 aliphatic rings. The first kappa shape index (κ1) is 18.9. The van der Waals surface area contributed by atoms with Crippen molar-refractivity contribution in [3.63, 3.8) is 0 Å². The molecule has 3 rings (SSSR count). The van der Waals surface area contributed by atoms with Gasteiger partial charge in [-0.3, -0.25) is 9.59 Å². The van der Waals surface area contributed by atoms with Crippen LogP contribution in [-0.2, 0) is 4.79 Å². The van der Waals surface area contributed by atoms with Gasteiger partial charge >= 0.3 is 0 Å². The quantitative estimate of drug-likeness (QED) is 0.738. The second-order valence-corrected chi connectivity index (χ2v) is 7.48. The van der Waals surface area contributed by atoms with E-state index in [9.17, 15) is 9.59 Å². The third-order valence-corrected chi connectivity index (χ3v) is 5.67. The average molecular weight is 357 g/mol. The van der Waals surface area contributed by atoms with Gasteiger partial charge in [0.05, 0.1) is 0 Å². The largest absolute Gasteiger partial charge is 0.353 e. The van der Waals surface area contributed by atoms with E-state index in [1.165, 1.54) is 6.42 Å². The van der Waals surface area contributed by atoms with Crippen molar-refractivity contribution in [1.29, 1.82) is 0 Å². The number of hydrogen-bond acceptors (Lipinski definition) is 3. The smallest absolute Gasteiger partial charge is 0.254 e. The molecule has 1 saturated carbocycles. The van der Waals surface area contributed by atoms with Crippen LogP contribution in [0, 0.1) is 5.92 Å². The first-order chi connectivity index (χ1) is 12.7. The third-order valence-electron chi connectivity index (χ3n) is 5.67. The summed E-state index contributed by atoms with van der Waals surface area (Å²) in [5, 5.41) is 6.33. The van der Waals surface area contributed by atoms with Crippen LogP contribution in [0.25, 0.3) is 0 Å². The van der Waals surface area contributed by atoms with E-state index in [-0.39, 0.29) is 23.9 Å². The molecular formula is C21H31N3O2. The van der Waals surface area contributed by atoms with Gasteiger partial charge in [0.15, 0.2) is 0 Å². The highest BCUT2D eigenvalue weighted by Gasteiger charge is 2.47. The van der Waals surface area contributed by atoms with E-state index in [0.717, 1.165) is 45.2 Å². The molecule has 5 nitrogen and oxygen atoms in total. The number of nitrogens with zero attached hydrogens (tertiary/aromatic N) is 1. The van der Waals surface area contributed by atoms with Crippen LogP contribution in [0.3, 0.4) is 0 Å². The zero-order valence-electron chi connectivity index (χ0n) is 15.7. The predicted molar refractivity (Wildman–Crippen MR) is 103 cm³/mol. The number of carbonyl (C=O) groups is 2. The molecule has 1 heterocycles. The van der Waals surface area contributed by atoms with E-state index in [4.69, 9.17) is 0 Å². The predicted octanol–water partition coefficient (Wildman–Crippen LogP) is 2.58. The minimum Gasteiger partial charge on any atom is -0.353 e. The van der Waals surface area contributed by atoms with Gasteiger partial charge in [0.2, 0.25) is 5.91 Å². The van der Waals surface area contributed by atoms with Gasteiger partial charge in [-0.2, -0.15) is 0 Å². The van der Waals surface area contributed by atoms with Crippen molar-refractivity contribution < 1.29 is 9.59 Å². The van der Waals surface area contributed by atoms with E-state index in [0.29, 0.717) is 18.0 Å². The zero-order chi connectivity index (χ0) is 18.4. The van der Waals surface area contributed by atoms with E-state index >= 15 is 0 Å². The van der Waals surface area contributed by atoms with Crippen molar-refractivity contribution >= 4 is 11.8 Å². The summed E-state index contributed by atoms with van der Waals surface area (Å²) in [6, 6.07) is 9.26. The Hall–Kier alpha value is -1.88. The number of nitrogens with one attached hydrogen (secondary N) is 2. The van der Waals surface area contributed by atoms with Gasteiger partial charge in [-0.25, -0.2) is 0 Å². The summed E-state index contributed by atoms with van der Waals surface area (Å²) < 4.78 is 0. The Bertz CT molecular complexity index is 605. The van der Waals surface area contributed by atoms with Crippen molar-refractivity contribution in [2.45, 2.75) is 57.5 Å². The number of amides is 2. The molecule has 0 aromatic heterocycles. The molecule has 0 spiro atoms. The zero-order valence-corrected chi connectivity index (χ0v) is 15.7. The summed E-state index contributed by atoms with van der Waals surface area (Å²) in [6.07, 6.45) is 6.39. The van der Waals surface area contributed by atoms with Crippen LogP contribution in [0.5, 0.6) is 0 Å².